The molecule has 0 atom stereocenters. The Kier molecular flexibility index (Phi) is 4.29. The van der Waals surface area contributed by atoms with Gasteiger partial charge in [0.05, 0.1) is 19.3 Å². The summed E-state index contributed by atoms with van der Waals surface area (Å²) >= 11 is 0. The van der Waals surface area contributed by atoms with Gasteiger partial charge in [-0.2, -0.15) is 10.3 Å². The molecule has 1 rings (SSSR count). The van der Waals surface area contributed by atoms with Crippen LogP contribution in [-0.2, 0) is 9.57 Å². The SMILES string of the molecule is COCCON1CCC(O)(C#N)CC1. The Morgan fingerprint density at radius 3 is 2.57 bits per heavy atom. The van der Waals surface area contributed by atoms with Gasteiger partial charge in [0.2, 0.25) is 0 Å². The van der Waals surface area contributed by atoms with Crippen LogP contribution in [0.5, 0.6) is 0 Å². The second-order valence-corrected chi connectivity index (χ2v) is 3.40. The summed E-state index contributed by atoms with van der Waals surface area (Å²) in [5.74, 6) is 0. The second-order valence-electron chi connectivity index (χ2n) is 3.40. The number of ether oxygens (including phenoxy) is 1. The van der Waals surface area contributed by atoms with E-state index >= 15 is 0 Å². The lowest BCUT2D eigenvalue weighted by molar-refractivity contribution is -0.193. The molecule has 1 fully saturated rings. The van der Waals surface area contributed by atoms with Crippen molar-refractivity contribution in [2.24, 2.45) is 0 Å². The molecular weight excluding hydrogens is 184 g/mol. The number of piperidine rings is 1. The van der Waals surface area contributed by atoms with Crippen molar-refractivity contribution in [3.63, 3.8) is 0 Å². The number of hydroxylamine groups is 2. The van der Waals surface area contributed by atoms with Gasteiger partial charge in [-0.05, 0) is 0 Å². The van der Waals surface area contributed by atoms with Crippen molar-refractivity contribution in [1.82, 2.24) is 5.06 Å². The highest BCUT2D eigenvalue weighted by Crippen LogP contribution is 2.20. The van der Waals surface area contributed by atoms with Crippen LogP contribution >= 0.6 is 0 Å². The van der Waals surface area contributed by atoms with Crippen molar-refractivity contribution < 1.29 is 14.7 Å². The van der Waals surface area contributed by atoms with Gasteiger partial charge in [0.25, 0.3) is 0 Å². The van der Waals surface area contributed by atoms with Crippen LogP contribution in [0.15, 0.2) is 0 Å². The molecule has 80 valence electrons. The number of hydrogen-bond acceptors (Lipinski definition) is 5. The fourth-order valence-electron chi connectivity index (χ4n) is 1.35. The molecule has 1 aliphatic rings. The van der Waals surface area contributed by atoms with E-state index in [4.69, 9.17) is 14.8 Å². The zero-order valence-electron chi connectivity index (χ0n) is 8.40. The first kappa shape index (κ1) is 11.4. The molecule has 1 N–H and O–H groups in total. The van der Waals surface area contributed by atoms with E-state index in [2.05, 4.69) is 0 Å². The molecular formula is C9H16N2O3. The third-order valence-corrected chi connectivity index (χ3v) is 2.32. The molecule has 0 radical (unpaired) electrons. The minimum atomic E-state index is -1.15. The number of rotatable bonds is 4. The van der Waals surface area contributed by atoms with Gasteiger partial charge in [-0.25, -0.2) is 0 Å². The smallest absolute Gasteiger partial charge is 0.153 e. The van der Waals surface area contributed by atoms with Crippen LogP contribution in [0.2, 0.25) is 0 Å². The lowest BCUT2D eigenvalue weighted by atomic mass is 9.94. The molecule has 5 heteroatoms. The summed E-state index contributed by atoms with van der Waals surface area (Å²) in [5.41, 5.74) is -1.15. The number of hydrogen-bond donors (Lipinski definition) is 1. The minimum Gasteiger partial charge on any atom is -0.382 e. The molecule has 0 unspecified atom stereocenters. The Morgan fingerprint density at radius 2 is 2.07 bits per heavy atom. The van der Waals surface area contributed by atoms with Crippen molar-refractivity contribution in [1.29, 1.82) is 5.26 Å². The molecule has 0 aromatic heterocycles. The number of nitrogens with zero attached hydrogens (tertiary/aromatic N) is 2. The molecule has 1 heterocycles. The van der Waals surface area contributed by atoms with E-state index < -0.39 is 5.60 Å². The van der Waals surface area contributed by atoms with Crippen molar-refractivity contribution in [2.45, 2.75) is 18.4 Å². The summed E-state index contributed by atoms with van der Waals surface area (Å²) in [4.78, 5) is 5.35. The van der Waals surface area contributed by atoms with Gasteiger partial charge in [-0.15, -0.1) is 0 Å². The van der Waals surface area contributed by atoms with Gasteiger partial charge >= 0.3 is 0 Å². The van der Waals surface area contributed by atoms with Crippen molar-refractivity contribution in [2.75, 3.05) is 33.4 Å². The molecule has 5 nitrogen and oxygen atoms in total. The normalized spacial score (nSPS) is 21.8. The summed E-state index contributed by atoms with van der Waals surface area (Å²) in [7, 11) is 1.62. The minimum absolute atomic E-state index is 0.441. The summed E-state index contributed by atoms with van der Waals surface area (Å²) in [6, 6.07) is 1.92. The number of nitriles is 1. The zero-order valence-corrected chi connectivity index (χ0v) is 8.40. The molecule has 0 bridgehead atoms. The molecule has 0 saturated carbocycles. The van der Waals surface area contributed by atoms with E-state index in [1.807, 2.05) is 6.07 Å². The zero-order chi connectivity index (χ0) is 10.4. The Hall–Kier alpha value is -0.670. The highest BCUT2D eigenvalue weighted by atomic mass is 16.7. The third-order valence-electron chi connectivity index (χ3n) is 2.32. The van der Waals surface area contributed by atoms with Gasteiger partial charge in [-0.1, -0.05) is 0 Å². The predicted octanol–water partition coefficient (Wildman–Crippen LogP) is -0.0851. The largest absolute Gasteiger partial charge is 0.382 e. The predicted molar refractivity (Wildman–Crippen MR) is 49.2 cm³/mol. The third kappa shape index (κ3) is 3.24. The molecule has 0 amide bonds. The van der Waals surface area contributed by atoms with E-state index in [0.717, 1.165) is 0 Å². The van der Waals surface area contributed by atoms with E-state index in [1.54, 1.807) is 12.2 Å². The van der Waals surface area contributed by atoms with Crippen molar-refractivity contribution >= 4 is 0 Å². The molecule has 0 aliphatic carbocycles. The fraction of sp³-hybridized carbons (Fsp3) is 0.889. The average molecular weight is 200 g/mol. The number of aliphatic hydroxyl groups is 1. The van der Waals surface area contributed by atoms with E-state index in [0.29, 0.717) is 39.1 Å². The van der Waals surface area contributed by atoms with Gasteiger partial charge in [0.1, 0.15) is 0 Å². The molecule has 14 heavy (non-hydrogen) atoms. The first-order valence-corrected chi connectivity index (χ1v) is 4.70. The monoisotopic (exact) mass is 200 g/mol. The van der Waals surface area contributed by atoms with Gasteiger partial charge in [0, 0.05) is 33.0 Å². The highest BCUT2D eigenvalue weighted by Gasteiger charge is 2.32. The molecule has 0 aromatic rings. The van der Waals surface area contributed by atoms with Crippen molar-refractivity contribution in [3.8, 4) is 6.07 Å². The Balaban J connectivity index is 2.20. The van der Waals surface area contributed by atoms with Crippen LogP contribution in [-0.4, -0.2) is 49.2 Å². The van der Waals surface area contributed by atoms with Crippen LogP contribution in [0, 0.1) is 11.3 Å². The summed E-state index contributed by atoms with van der Waals surface area (Å²) in [5, 5.41) is 20.0. The maximum absolute atomic E-state index is 9.60. The van der Waals surface area contributed by atoms with Gasteiger partial charge in [0.15, 0.2) is 5.60 Å². The van der Waals surface area contributed by atoms with Crippen LogP contribution in [0.1, 0.15) is 12.8 Å². The van der Waals surface area contributed by atoms with Gasteiger partial charge in [-0.3, -0.25) is 4.84 Å². The van der Waals surface area contributed by atoms with E-state index in [9.17, 15) is 5.11 Å². The van der Waals surface area contributed by atoms with Crippen LogP contribution < -0.4 is 0 Å². The molecule has 0 aromatic carbocycles. The fourth-order valence-corrected chi connectivity index (χ4v) is 1.35. The Bertz CT molecular complexity index is 207. The van der Waals surface area contributed by atoms with E-state index in [-0.39, 0.29) is 0 Å². The maximum Gasteiger partial charge on any atom is 0.153 e. The summed E-state index contributed by atoms with van der Waals surface area (Å²) in [6.45, 7) is 2.25. The van der Waals surface area contributed by atoms with E-state index in [1.165, 1.54) is 0 Å². The van der Waals surface area contributed by atoms with Crippen LogP contribution in [0.4, 0.5) is 0 Å². The number of methoxy groups -OCH3 is 1. The quantitative estimate of drug-likeness (QED) is 0.507. The Morgan fingerprint density at radius 1 is 1.43 bits per heavy atom. The first-order chi connectivity index (χ1) is 6.70. The van der Waals surface area contributed by atoms with Gasteiger partial charge < -0.3 is 9.84 Å². The molecule has 1 saturated heterocycles. The topological polar surface area (TPSA) is 65.7 Å². The maximum atomic E-state index is 9.60. The average Bonchev–Trinajstić information content (AvgIpc) is 2.22. The van der Waals surface area contributed by atoms with Crippen molar-refractivity contribution in [3.05, 3.63) is 0 Å². The molecule has 1 aliphatic heterocycles. The van der Waals surface area contributed by atoms with Crippen LogP contribution in [0.25, 0.3) is 0 Å². The lowest BCUT2D eigenvalue weighted by Crippen LogP contribution is -2.43. The summed E-state index contributed by atoms with van der Waals surface area (Å²) < 4.78 is 4.84. The molecule has 0 spiro atoms. The lowest BCUT2D eigenvalue weighted by Gasteiger charge is -2.32. The standard InChI is InChI=1S/C9H16N2O3/c1-13-6-7-14-11-4-2-9(12,8-10)3-5-11/h12H,2-7H2,1H3. The Labute approximate surface area is 83.8 Å². The second kappa shape index (κ2) is 5.27. The first-order valence-electron chi connectivity index (χ1n) is 4.70. The summed E-state index contributed by atoms with van der Waals surface area (Å²) in [6.07, 6.45) is 0.882. The van der Waals surface area contributed by atoms with Crippen LogP contribution in [0.3, 0.4) is 0 Å². The highest BCUT2D eigenvalue weighted by molar-refractivity contribution is 5.02.